The highest BCUT2D eigenvalue weighted by Crippen LogP contribution is 2.40. The molecule has 3 rings (SSSR count). The van der Waals surface area contributed by atoms with Gasteiger partial charge in [0.15, 0.2) is 0 Å². The van der Waals surface area contributed by atoms with Gasteiger partial charge < -0.3 is 15.1 Å². The molecule has 0 spiro atoms. The third kappa shape index (κ3) is 2.73. The molecule has 1 aliphatic heterocycles. The quantitative estimate of drug-likeness (QED) is 0.908. The van der Waals surface area contributed by atoms with Gasteiger partial charge >= 0.3 is 0 Å². The normalized spacial score (nSPS) is 20.2. The van der Waals surface area contributed by atoms with E-state index in [-0.39, 0.29) is 0 Å². The van der Waals surface area contributed by atoms with Gasteiger partial charge in [-0.25, -0.2) is 9.97 Å². The van der Waals surface area contributed by atoms with Gasteiger partial charge in [0.2, 0.25) is 0 Å². The molecule has 5 nitrogen and oxygen atoms in total. The molecule has 1 aliphatic carbocycles. The highest BCUT2D eigenvalue weighted by atomic mass is 15.3. The second-order valence-corrected chi connectivity index (χ2v) is 5.97. The van der Waals surface area contributed by atoms with E-state index < -0.39 is 0 Å². The Morgan fingerprint density at radius 2 is 1.85 bits per heavy atom. The molecule has 5 heteroatoms. The lowest BCUT2D eigenvalue weighted by molar-refractivity contribution is 0.312. The number of nitrogens with one attached hydrogen (secondary N) is 1. The average Bonchev–Trinajstić information content (AvgIpc) is 3.27. The van der Waals surface area contributed by atoms with Crippen LogP contribution in [0.4, 0.5) is 11.6 Å². The Morgan fingerprint density at radius 1 is 1.15 bits per heavy atom. The minimum Gasteiger partial charge on any atom is -0.370 e. The van der Waals surface area contributed by atoms with Crippen LogP contribution in [-0.4, -0.2) is 54.6 Å². The molecule has 1 saturated carbocycles. The molecule has 20 heavy (non-hydrogen) atoms. The van der Waals surface area contributed by atoms with E-state index in [1.165, 1.54) is 18.4 Å². The molecule has 1 N–H and O–H groups in total. The van der Waals surface area contributed by atoms with E-state index >= 15 is 0 Å². The number of hydrogen-bond donors (Lipinski definition) is 1. The van der Waals surface area contributed by atoms with Crippen molar-refractivity contribution in [2.75, 3.05) is 50.0 Å². The lowest BCUT2D eigenvalue weighted by atomic mass is 10.2. The first kappa shape index (κ1) is 13.6. The first-order valence-electron chi connectivity index (χ1n) is 7.75. The summed E-state index contributed by atoms with van der Waals surface area (Å²) in [4.78, 5) is 14.4. The first-order valence-corrected chi connectivity index (χ1v) is 7.75. The van der Waals surface area contributed by atoms with E-state index in [0.717, 1.165) is 50.2 Å². The van der Waals surface area contributed by atoms with Crippen molar-refractivity contribution in [1.82, 2.24) is 14.9 Å². The van der Waals surface area contributed by atoms with Crippen molar-refractivity contribution in [3.8, 4) is 0 Å². The van der Waals surface area contributed by atoms with Crippen molar-refractivity contribution < 1.29 is 0 Å². The maximum Gasteiger partial charge on any atom is 0.137 e. The van der Waals surface area contributed by atoms with Crippen molar-refractivity contribution in [3.63, 3.8) is 0 Å². The fraction of sp³-hybridized carbons (Fsp3) is 0.733. The second-order valence-electron chi connectivity index (χ2n) is 5.97. The molecular weight excluding hydrogens is 250 g/mol. The Morgan fingerprint density at radius 3 is 2.45 bits per heavy atom. The van der Waals surface area contributed by atoms with Crippen molar-refractivity contribution in [3.05, 3.63) is 11.4 Å². The highest BCUT2D eigenvalue weighted by Gasteiger charge is 2.29. The van der Waals surface area contributed by atoms with E-state index in [0.29, 0.717) is 5.92 Å². The molecule has 0 unspecified atom stereocenters. The van der Waals surface area contributed by atoms with Crippen LogP contribution in [0.1, 0.15) is 37.1 Å². The molecule has 0 amide bonds. The lowest BCUT2D eigenvalue weighted by Crippen LogP contribution is -2.45. The summed E-state index contributed by atoms with van der Waals surface area (Å²) in [5.74, 6) is 3.81. The summed E-state index contributed by atoms with van der Waals surface area (Å²) in [6.45, 7) is 9.51. The van der Waals surface area contributed by atoms with Crippen LogP contribution in [0.2, 0.25) is 0 Å². The average molecular weight is 275 g/mol. The summed E-state index contributed by atoms with van der Waals surface area (Å²) in [5.41, 5.74) is 1.20. The van der Waals surface area contributed by atoms with Crippen LogP contribution < -0.4 is 10.2 Å². The zero-order valence-corrected chi connectivity index (χ0v) is 12.8. The van der Waals surface area contributed by atoms with E-state index in [9.17, 15) is 0 Å². The van der Waals surface area contributed by atoms with Crippen LogP contribution in [0.5, 0.6) is 0 Å². The molecule has 1 aromatic rings. The van der Waals surface area contributed by atoms with Crippen LogP contribution in [0.25, 0.3) is 0 Å². The molecule has 0 atom stereocenters. The first-order chi connectivity index (χ1) is 9.69. The molecule has 110 valence electrons. The van der Waals surface area contributed by atoms with Crippen molar-refractivity contribution >= 4 is 11.6 Å². The molecule has 2 heterocycles. The van der Waals surface area contributed by atoms with E-state index in [4.69, 9.17) is 9.97 Å². The van der Waals surface area contributed by atoms with Gasteiger partial charge in [0.05, 0.1) is 0 Å². The maximum atomic E-state index is 4.88. The van der Waals surface area contributed by atoms with Gasteiger partial charge in [-0.2, -0.15) is 0 Å². The summed E-state index contributed by atoms with van der Waals surface area (Å²) in [5, 5.41) is 3.40. The van der Waals surface area contributed by atoms with Crippen LogP contribution in [0, 0.1) is 6.92 Å². The molecule has 1 saturated heterocycles. The lowest BCUT2D eigenvalue weighted by Gasteiger charge is -2.34. The molecule has 0 bridgehead atoms. The Balaban J connectivity index is 1.91. The number of piperazine rings is 1. The Hall–Kier alpha value is -1.36. The topological polar surface area (TPSA) is 44.3 Å². The molecule has 2 aliphatic rings. The number of hydrogen-bond acceptors (Lipinski definition) is 5. The smallest absolute Gasteiger partial charge is 0.137 e. The van der Waals surface area contributed by atoms with Crippen molar-refractivity contribution in [1.29, 1.82) is 0 Å². The second kappa shape index (κ2) is 5.56. The molecule has 2 fully saturated rings. The monoisotopic (exact) mass is 275 g/mol. The Bertz CT molecular complexity index is 475. The molecule has 0 radical (unpaired) electrons. The van der Waals surface area contributed by atoms with Gasteiger partial charge in [-0.3, -0.25) is 0 Å². The van der Waals surface area contributed by atoms with Gasteiger partial charge in [-0.15, -0.1) is 0 Å². The Labute approximate surface area is 121 Å². The fourth-order valence-corrected chi connectivity index (χ4v) is 2.71. The standard InChI is InChI=1S/C15H25N5/c1-4-16-13-11(2)15(18-14(17-13)12-5-6-12)20-9-7-19(3)8-10-20/h12H,4-10H2,1-3H3,(H,16,17,18). The third-order valence-corrected chi connectivity index (χ3v) is 4.23. The minimum atomic E-state index is 0.597. The summed E-state index contributed by atoms with van der Waals surface area (Å²) >= 11 is 0. The number of likely N-dealkylation sites (N-methyl/N-ethyl adjacent to an activating group) is 1. The Kier molecular flexibility index (Phi) is 3.78. The molecular formula is C15H25N5. The van der Waals surface area contributed by atoms with E-state index in [2.05, 4.69) is 36.0 Å². The van der Waals surface area contributed by atoms with Gasteiger partial charge in [0, 0.05) is 44.2 Å². The summed E-state index contributed by atoms with van der Waals surface area (Å²) < 4.78 is 0. The van der Waals surface area contributed by atoms with Crippen LogP contribution in [0.15, 0.2) is 0 Å². The SMILES string of the molecule is CCNc1nc(C2CC2)nc(N2CCN(C)CC2)c1C. The number of aromatic nitrogens is 2. The van der Waals surface area contributed by atoms with Gasteiger partial charge in [0.25, 0.3) is 0 Å². The summed E-state index contributed by atoms with van der Waals surface area (Å²) in [6.07, 6.45) is 2.49. The predicted octanol–water partition coefficient (Wildman–Crippen LogP) is 1.85. The largest absolute Gasteiger partial charge is 0.370 e. The number of rotatable bonds is 4. The van der Waals surface area contributed by atoms with Crippen LogP contribution >= 0.6 is 0 Å². The minimum absolute atomic E-state index is 0.597. The van der Waals surface area contributed by atoms with Gasteiger partial charge in [0.1, 0.15) is 17.5 Å². The van der Waals surface area contributed by atoms with E-state index in [1.54, 1.807) is 0 Å². The van der Waals surface area contributed by atoms with Gasteiger partial charge in [-0.1, -0.05) is 0 Å². The predicted molar refractivity (Wildman–Crippen MR) is 82.6 cm³/mol. The number of anilines is 2. The zero-order valence-electron chi connectivity index (χ0n) is 12.8. The van der Waals surface area contributed by atoms with Crippen LogP contribution in [0.3, 0.4) is 0 Å². The van der Waals surface area contributed by atoms with E-state index in [1.807, 2.05) is 0 Å². The van der Waals surface area contributed by atoms with Crippen molar-refractivity contribution in [2.24, 2.45) is 0 Å². The molecule has 1 aromatic heterocycles. The summed E-state index contributed by atoms with van der Waals surface area (Å²) in [6, 6.07) is 0. The third-order valence-electron chi connectivity index (χ3n) is 4.23. The van der Waals surface area contributed by atoms with Gasteiger partial charge in [-0.05, 0) is 33.7 Å². The highest BCUT2D eigenvalue weighted by molar-refractivity contribution is 5.59. The van der Waals surface area contributed by atoms with Crippen LogP contribution in [-0.2, 0) is 0 Å². The molecule has 0 aromatic carbocycles. The maximum absolute atomic E-state index is 4.88. The summed E-state index contributed by atoms with van der Waals surface area (Å²) in [7, 11) is 2.18. The van der Waals surface area contributed by atoms with Crippen molar-refractivity contribution in [2.45, 2.75) is 32.6 Å². The fourth-order valence-electron chi connectivity index (χ4n) is 2.71. The zero-order chi connectivity index (χ0) is 14.1. The number of nitrogens with zero attached hydrogens (tertiary/aromatic N) is 4.